The van der Waals surface area contributed by atoms with Crippen molar-refractivity contribution in [3.05, 3.63) is 11.6 Å². The zero-order chi connectivity index (χ0) is 12.1. The van der Waals surface area contributed by atoms with Crippen molar-refractivity contribution in [3.63, 3.8) is 0 Å². The maximum atomic E-state index is 4.47. The first-order valence-corrected chi connectivity index (χ1v) is 6.17. The fraction of sp³-hybridized carbons (Fsp3) is 0.833. The minimum Gasteiger partial charge on any atom is -0.312 e. The molecule has 1 aromatic rings. The van der Waals surface area contributed by atoms with Crippen molar-refractivity contribution < 1.29 is 0 Å². The van der Waals surface area contributed by atoms with Gasteiger partial charge in [-0.15, -0.1) is 0 Å². The SMILES string of the molecule is CCCC(CNC(C)C)n1nc(C)nc1C. The highest BCUT2D eigenvalue weighted by molar-refractivity contribution is 4.91. The molecule has 4 nitrogen and oxygen atoms in total. The van der Waals surface area contributed by atoms with Gasteiger partial charge in [-0.1, -0.05) is 27.2 Å². The van der Waals surface area contributed by atoms with Crippen LogP contribution in [0.2, 0.25) is 0 Å². The third-order valence-electron chi connectivity index (χ3n) is 2.64. The summed E-state index contributed by atoms with van der Waals surface area (Å²) < 4.78 is 2.06. The van der Waals surface area contributed by atoms with E-state index in [1.807, 2.05) is 13.8 Å². The first kappa shape index (κ1) is 13.2. The molecule has 1 heterocycles. The summed E-state index contributed by atoms with van der Waals surface area (Å²) in [6.07, 6.45) is 2.31. The molecule has 1 atom stereocenters. The van der Waals surface area contributed by atoms with Gasteiger partial charge in [-0.05, 0) is 20.3 Å². The van der Waals surface area contributed by atoms with E-state index >= 15 is 0 Å². The number of aryl methyl sites for hydroxylation is 2. The van der Waals surface area contributed by atoms with Crippen LogP contribution in [-0.2, 0) is 0 Å². The monoisotopic (exact) mass is 224 g/mol. The number of nitrogens with one attached hydrogen (secondary N) is 1. The van der Waals surface area contributed by atoms with Crippen LogP contribution in [0.25, 0.3) is 0 Å². The van der Waals surface area contributed by atoms with Gasteiger partial charge in [0.1, 0.15) is 11.6 Å². The van der Waals surface area contributed by atoms with Crippen LogP contribution in [0, 0.1) is 13.8 Å². The molecular weight excluding hydrogens is 200 g/mol. The smallest absolute Gasteiger partial charge is 0.147 e. The predicted octanol–water partition coefficient (Wildman–Crippen LogP) is 2.23. The molecule has 1 unspecified atom stereocenters. The molecule has 0 saturated heterocycles. The Morgan fingerprint density at radius 3 is 2.44 bits per heavy atom. The number of aromatic nitrogens is 3. The Morgan fingerprint density at radius 1 is 1.31 bits per heavy atom. The second-order valence-corrected chi connectivity index (χ2v) is 4.66. The predicted molar refractivity (Wildman–Crippen MR) is 66.6 cm³/mol. The quantitative estimate of drug-likeness (QED) is 0.806. The number of nitrogens with zero attached hydrogens (tertiary/aromatic N) is 3. The first-order chi connectivity index (χ1) is 7.54. The molecule has 1 rings (SSSR count). The van der Waals surface area contributed by atoms with E-state index in [1.54, 1.807) is 0 Å². The van der Waals surface area contributed by atoms with Crippen molar-refractivity contribution in [1.29, 1.82) is 0 Å². The second-order valence-electron chi connectivity index (χ2n) is 4.66. The molecule has 0 amide bonds. The van der Waals surface area contributed by atoms with Crippen molar-refractivity contribution in [2.75, 3.05) is 6.54 Å². The van der Waals surface area contributed by atoms with Gasteiger partial charge in [0.25, 0.3) is 0 Å². The van der Waals surface area contributed by atoms with Gasteiger partial charge in [0.2, 0.25) is 0 Å². The highest BCUT2D eigenvalue weighted by Gasteiger charge is 2.14. The Bertz CT molecular complexity index is 317. The first-order valence-electron chi connectivity index (χ1n) is 6.17. The van der Waals surface area contributed by atoms with Crippen LogP contribution >= 0.6 is 0 Å². The van der Waals surface area contributed by atoms with Crippen LogP contribution in [0.15, 0.2) is 0 Å². The van der Waals surface area contributed by atoms with Crippen LogP contribution in [0.1, 0.15) is 51.3 Å². The number of hydrogen-bond acceptors (Lipinski definition) is 3. The standard InChI is InChI=1S/C12H24N4/c1-6-7-12(8-13-9(2)3)16-11(5)14-10(4)15-16/h9,12-13H,6-8H2,1-5H3. The van der Waals surface area contributed by atoms with E-state index in [0.29, 0.717) is 12.1 Å². The minimum absolute atomic E-state index is 0.425. The maximum absolute atomic E-state index is 4.47. The van der Waals surface area contributed by atoms with Crippen molar-refractivity contribution in [3.8, 4) is 0 Å². The molecule has 1 N–H and O–H groups in total. The Morgan fingerprint density at radius 2 is 2.00 bits per heavy atom. The lowest BCUT2D eigenvalue weighted by atomic mass is 10.1. The zero-order valence-corrected chi connectivity index (χ0v) is 11.1. The molecule has 0 spiro atoms. The Hall–Kier alpha value is -0.900. The lowest BCUT2D eigenvalue weighted by Crippen LogP contribution is -2.31. The molecule has 0 fully saturated rings. The molecule has 0 aliphatic heterocycles. The van der Waals surface area contributed by atoms with Crippen LogP contribution in [0.4, 0.5) is 0 Å². The van der Waals surface area contributed by atoms with Gasteiger partial charge in [-0.3, -0.25) is 0 Å². The summed E-state index contributed by atoms with van der Waals surface area (Å²) in [5.74, 6) is 1.88. The lowest BCUT2D eigenvalue weighted by Gasteiger charge is -2.20. The molecule has 4 heteroatoms. The van der Waals surface area contributed by atoms with E-state index in [4.69, 9.17) is 0 Å². The highest BCUT2D eigenvalue weighted by atomic mass is 15.4. The Labute approximate surface area is 98.5 Å². The van der Waals surface area contributed by atoms with Gasteiger partial charge in [0.05, 0.1) is 6.04 Å². The molecule has 0 saturated carbocycles. The van der Waals surface area contributed by atoms with Gasteiger partial charge in [-0.25, -0.2) is 9.67 Å². The molecule has 1 aromatic heterocycles. The Kier molecular flexibility index (Phi) is 4.93. The molecule has 0 aliphatic carbocycles. The topological polar surface area (TPSA) is 42.7 Å². The maximum Gasteiger partial charge on any atom is 0.147 e. The zero-order valence-electron chi connectivity index (χ0n) is 11.1. The molecular formula is C12H24N4. The van der Waals surface area contributed by atoms with Crippen molar-refractivity contribution >= 4 is 0 Å². The summed E-state index contributed by atoms with van der Waals surface area (Å²) in [5, 5.41) is 7.95. The lowest BCUT2D eigenvalue weighted by molar-refractivity contribution is 0.374. The van der Waals surface area contributed by atoms with E-state index in [9.17, 15) is 0 Å². The summed E-state index contributed by atoms with van der Waals surface area (Å²) in [7, 11) is 0. The Balaban J connectivity index is 2.72. The van der Waals surface area contributed by atoms with Crippen LogP contribution in [0.5, 0.6) is 0 Å². The van der Waals surface area contributed by atoms with E-state index in [2.05, 4.69) is 40.9 Å². The van der Waals surface area contributed by atoms with Gasteiger partial charge in [-0.2, -0.15) is 5.10 Å². The van der Waals surface area contributed by atoms with E-state index < -0.39 is 0 Å². The molecule has 0 aromatic carbocycles. The largest absolute Gasteiger partial charge is 0.312 e. The van der Waals surface area contributed by atoms with Gasteiger partial charge < -0.3 is 5.32 Å². The highest BCUT2D eigenvalue weighted by Crippen LogP contribution is 2.14. The summed E-state index contributed by atoms with van der Waals surface area (Å²) in [4.78, 5) is 4.37. The normalized spacial score (nSPS) is 13.4. The molecule has 0 bridgehead atoms. The fourth-order valence-electron chi connectivity index (χ4n) is 1.90. The molecule has 0 radical (unpaired) electrons. The van der Waals surface area contributed by atoms with Crippen LogP contribution in [-0.4, -0.2) is 27.4 Å². The summed E-state index contributed by atoms with van der Waals surface area (Å²) in [5.41, 5.74) is 0. The second kappa shape index (κ2) is 5.99. The molecule has 0 aliphatic rings. The molecule has 16 heavy (non-hydrogen) atoms. The van der Waals surface area contributed by atoms with Crippen molar-refractivity contribution in [2.24, 2.45) is 0 Å². The van der Waals surface area contributed by atoms with Gasteiger partial charge in [0.15, 0.2) is 0 Å². The minimum atomic E-state index is 0.425. The third kappa shape index (κ3) is 3.59. The van der Waals surface area contributed by atoms with Crippen LogP contribution < -0.4 is 5.32 Å². The van der Waals surface area contributed by atoms with E-state index in [1.165, 1.54) is 6.42 Å². The summed E-state index contributed by atoms with van der Waals surface area (Å²) in [6, 6.07) is 0.942. The van der Waals surface area contributed by atoms with Crippen LogP contribution in [0.3, 0.4) is 0 Å². The average Bonchev–Trinajstić information content (AvgIpc) is 2.52. The summed E-state index contributed by atoms with van der Waals surface area (Å²) >= 11 is 0. The van der Waals surface area contributed by atoms with Gasteiger partial charge >= 0.3 is 0 Å². The summed E-state index contributed by atoms with van der Waals surface area (Å²) in [6.45, 7) is 11.5. The van der Waals surface area contributed by atoms with Crippen molar-refractivity contribution in [1.82, 2.24) is 20.1 Å². The third-order valence-corrected chi connectivity index (χ3v) is 2.64. The molecule has 92 valence electrons. The van der Waals surface area contributed by atoms with Crippen molar-refractivity contribution in [2.45, 2.75) is 59.5 Å². The number of rotatable bonds is 6. The van der Waals surface area contributed by atoms with Gasteiger partial charge in [0, 0.05) is 12.6 Å². The van der Waals surface area contributed by atoms with E-state index in [-0.39, 0.29) is 0 Å². The number of hydrogen-bond donors (Lipinski definition) is 1. The average molecular weight is 224 g/mol. The van der Waals surface area contributed by atoms with E-state index in [0.717, 1.165) is 24.6 Å². The fourth-order valence-corrected chi connectivity index (χ4v) is 1.90.